The fourth-order valence-electron chi connectivity index (χ4n) is 1.88. The van der Waals surface area contributed by atoms with Crippen LogP contribution in [0.15, 0.2) is 53.0 Å². The van der Waals surface area contributed by atoms with Gasteiger partial charge in [-0.1, -0.05) is 22.0 Å². The summed E-state index contributed by atoms with van der Waals surface area (Å²) in [5.74, 6) is -0.921. The predicted octanol–water partition coefficient (Wildman–Crippen LogP) is 2.67. The molecule has 4 N–H and O–H groups in total. The van der Waals surface area contributed by atoms with Crippen LogP contribution in [0.4, 0.5) is 10.5 Å². The summed E-state index contributed by atoms with van der Waals surface area (Å²) < 4.78 is 6.00. The first-order chi connectivity index (χ1) is 11.9. The molecule has 0 aromatic heterocycles. The minimum absolute atomic E-state index is 0.0193. The first kappa shape index (κ1) is 18.5. The minimum atomic E-state index is -0.607. The van der Waals surface area contributed by atoms with Crippen molar-refractivity contribution in [2.75, 3.05) is 11.9 Å². The van der Waals surface area contributed by atoms with Crippen molar-refractivity contribution in [3.63, 3.8) is 0 Å². The number of carbonyl (C=O) groups is 3. The maximum absolute atomic E-state index is 11.8. The second-order valence-electron chi connectivity index (χ2n) is 5.00. The molecular weight excluding hydrogens is 390 g/mol. The van der Waals surface area contributed by atoms with Crippen LogP contribution in [0.25, 0.3) is 0 Å². The molecule has 0 saturated heterocycles. The Bertz CT molecular complexity index is 778. The molecule has 0 unspecified atom stereocenters. The number of ether oxygens (including phenoxy) is 1. The Hall–Kier alpha value is -2.87. The van der Waals surface area contributed by atoms with Gasteiger partial charge in [0, 0.05) is 22.3 Å². The summed E-state index contributed by atoms with van der Waals surface area (Å²) in [5.41, 5.74) is 6.04. The van der Waals surface area contributed by atoms with E-state index < -0.39 is 17.9 Å². The second kappa shape index (κ2) is 8.84. The molecule has 25 heavy (non-hydrogen) atoms. The molecule has 0 bridgehead atoms. The van der Waals surface area contributed by atoms with Crippen molar-refractivity contribution >= 4 is 39.5 Å². The summed E-state index contributed by atoms with van der Waals surface area (Å²) >= 11 is 3.30. The fourth-order valence-corrected chi connectivity index (χ4v) is 2.15. The van der Waals surface area contributed by atoms with Crippen LogP contribution in [0.1, 0.15) is 16.8 Å². The highest BCUT2D eigenvalue weighted by molar-refractivity contribution is 9.10. The maximum atomic E-state index is 11.8. The van der Waals surface area contributed by atoms with Gasteiger partial charge in [-0.25, -0.2) is 4.79 Å². The molecule has 7 nitrogen and oxygen atoms in total. The number of nitrogens with one attached hydrogen (secondary N) is 2. The first-order valence-electron chi connectivity index (χ1n) is 7.35. The zero-order chi connectivity index (χ0) is 18.2. The van der Waals surface area contributed by atoms with Crippen LogP contribution in [0.5, 0.6) is 5.75 Å². The van der Waals surface area contributed by atoms with E-state index in [1.165, 1.54) is 18.2 Å². The first-order valence-corrected chi connectivity index (χ1v) is 8.14. The van der Waals surface area contributed by atoms with E-state index in [2.05, 4.69) is 26.6 Å². The molecule has 8 heteroatoms. The number of hydrogen-bond donors (Lipinski definition) is 3. The van der Waals surface area contributed by atoms with Crippen molar-refractivity contribution in [2.24, 2.45) is 5.73 Å². The molecule has 3 amide bonds. The molecule has 0 heterocycles. The Morgan fingerprint density at radius 2 is 1.80 bits per heavy atom. The average Bonchev–Trinajstić information content (AvgIpc) is 2.57. The molecule has 0 radical (unpaired) electrons. The number of rotatable bonds is 6. The summed E-state index contributed by atoms with van der Waals surface area (Å²) in [7, 11) is 0. The lowest BCUT2D eigenvalue weighted by molar-refractivity contribution is -0.134. The number of primary amides is 1. The number of nitrogens with two attached hydrogens (primary N) is 1. The monoisotopic (exact) mass is 405 g/mol. The number of esters is 1. The number of anilines is 1. The molecule has 130 valence electrons. The van der Waals surface area contributed by atoms with Gasteiger partial charge in [-0.2, -0.15) is 0 Å². The zero-order valence-corrected chi connectivity index (χ0v) is 14.7. The van der Waals surface area contributed by atoms with Gasteiger partial charge in [0.1, 0.15) is 5.75 Å². The Labute approximate surface area is 152 Å². The second-order valence-corrected chi connectivity index (χ2v) is 5.92. The Kier molecular flexibility index (Phi) is 6.53. The maximum Gasteiger partial charge on any atom is 0.319 e. The van der Waals surface area contributed by atoms with E-state index >= 15 is 0 Å². The molecule has 0 atom stereocenters. The number of amides is 3. The Morgan fingerprint density at radius 1 is 1.08 bits per heavy atom. The molecule has 2 aromatic carbocycles. The molecule has 0 spiro atoms. The van der Waals surface area contributed by atoms with Crippen molar-refractivity contribution in [2.45, 2.75) is 6.42 Å². The van der Waals surface area contributed by atoms with Gasteiger partial charge in [0.2, 0.25) is 5.91 Å². The Balaban J connectivity index is 1.74. The zero-order valence-electron chi connectivity index (χ0n) is 13.1. The highest BCUT2D eigenvalue weighted by Gasteiger charge is 2.08. The lowest BCUT2D eigenvalue weighted by atomic mass is 10.2. The molecule has 0 aliphatic heterocycles. The van der Waals surface area contributed by atoms with Crippen LogP contribution in [0.3, 0.4) is 0 Å². The quantitative estimate of drug-likeness (QED) is 0.506. The smallest absolute Gasteiger partial charge is 0.319 e. The van der Waals surface area contributed by atoms with Gasteiger partial charge in [0.25, 0.3) is 0 Å². The van der Waals surface area contributed by atoms with E-state index in [4.69, 9.17) is 10.5 Å². The van der Waals surface area contributed by atoms with Gasteiger partial charge in [-0.3, -0.25) is 9.59 Å². The molecule has 0 aliphatic carbocycles. The van der Waals surface area contributed by atoms with Gasteiger partial charge in [0.05, 0.1) is 6.42 Å². The molecule has 2 rings (SSSR count). The highest BCUT2D eigenvalue weighted by atomic mass is 79.9. The minimum Gasteiger partial charge on any atom is -0.426 e. The number of carbonyl (C=O) groups excluding carboxylic acids is 3. The summed E-state index contributed by atoms with van der Waals surface area (Å²) in [6.07, 6.45) is -0.0193. The lowest BCUT2D eigenvalue weighted by Gasteiger charge is -2.08. The van der Waals surface area contributed by atoms with E-state index in [1.807, 2.05) is 0 Å². The molecular formula is C17H16BrN3O4. The van der Waals surface area contributed by atoms with E-state index in [9.17, 15) is 14.4 Å². The topological polar surface area (TPSA) is 111 Å². The van der Waals surface area contributed by atoms with Crippen molar-refractivity contribution in [3.8, 4) is 5.75 Å². The third-order valence-electron chi connectivity index (χ3n) is 3.07. The number of benzene rings is 2. The van der Waals surface area contributed by atoms with E-state index in [1.54, 1.807) is 30.3 Å². The number of halogens is 1. The van der Waals surface area contributed by atoms with Crippen LogP contribution >= 0.6 is 15.9 Å². The van der Waals surface area contributed by atoms with Gasteiger partial charge >= 0.3 is 12.0 Å². The summed E-state index contributed by atoms with van der Waals surface area (Å²) in [6.45, 7) is 0.108. The van der Waals surface area contributed by atoms with E-state index in [0.29, 0.717) is 5.69 Å². The summed E-state index contributed by atoms with van der Waals surface area (Å²) in [6, 6.07) is 12.7. The van der Waals surface area contributed by atoms with E-state index in [0.717, 1.165) is 4.47 Å². The van der Waals surface area contributed by atoms with Crippen LogP contribution in [-0.2, 0) is 4.79 Å². The Morgan fingerprint density at radius 3 is 2.48 bits per heavy atom. The summed E-state index contributed by atoms with van der Waals surface area (Å²) in [5, 5.41) is 5.19. The van der Waals surface area contributed by atoms with Crippen molar-refractivity contribution in [3.05, 3.63) is 58.6 Å². The highest BCUT2D eigenvalue weighted by Crippen LogP contribution is 2.14. The fraction of sp³-hybridized carbons (Fsp3) is 0.118. The SMILES string of the molecule is NC(=O)c1cccc(OC(=O)CCNC(=O)Nc2ccc(Br)cc2)c1. The number of hydrogen-bond acceptors (Lipinski definition) is 4. The van der Waals surface area contributed by atoms with Gasteiger partial charge in [-0.15, -0.1) is 0 Å². The average molecular weight is 406 g/mol. The lowest BCUT2D eigenvalue weighted by Crippen LogP contribution is -2.31. The molecule has 0 aliphatic rings. The van der Waals surface area contributed by atoms with Gasteiger partial charge < -0.3 is 21.1 Å². The normalized spacial score (nSPS) is 9.96. The van der Waals surface area contributed by atoms with Crippen LogP contribution in [-0.4, -0.2) is 24.5 Å². The molecule has 2 aromatic rings. The third-order valence-corrected chi connectivity index (χ3v) is 3.60. The van der Waals surface area contributed by atoms with Crippen molar-refractivity contribution in [1.82, 2.24) is 5.32 Å². The molecule has 0 fully saturated rings. The van der Waals surface area contributed by atoms with Crippen LogP contribution in [0.2, 0.25) is 0 Å². The molecule has 0 saturated carbocycles. The predicted molar refractivity (Wildman–Crippen MR) is 96.4 cm³/mol. The van der Waals surface area contributed by atoms with Gasteiger partial charge in [-0.05, 0) is 42.5 Å². The van der Waals surface area contributed by atoms with Gasteiger partial charge in [0.15, 0.2) is 0 Å². The standard InChI is InChI=1S/C17H16BrN3O4/c18-12-4-6-13(7-5-12)21-17(24)20-9-8-15(22)25-14-3-1-2-11(10-14)16(19)23/h1-7,10H,8-9H2,(H2,19,23)(H2,20,21,24). The third kappa shape index (κ3) is 6.27. The van der Waals surface area contributed by atoms with Crippen molar-refractivity contribution in [1.29, 1.82) is 0 Å². The largest absolute Gasteiger partial charge is 0.426 e. The van der Waals surface area contributed by atoms with E-state index in [-0.39, 0.29) is 24.3 Å². The van der Waals surface area contributed by atoms with Crippen LogP contribution in [0, 0.1) is 0 Å². The summed E-state index contributed by atoms with van der Waals surface area (Å²) in [4.78, 5) is 34.6. The van der Waals surface area contributed by atoms with Crippen LogP contribution < -0.4 is 21.1 Å². The van der Waals surface area contributed by atoms with Crippen molar-refractivity contribution < 1.29 is 19.1 Å². The number of urea groups is 1.